The number of aryl methyl sites for hydroxylation is 1. The molecule has 0 aromatic carbocycles. The molecule has 1 aromatic rings. The van der Waals surface area contributed by atoms with Crippen molar-refractivity contribution in [2.45, 2.75) is 19.9 Å². The molecule has 0 aliphatic heterocycles. The van der Waals surface area contributed by atoms with E-state index in [2.05, 4.69) is 5.10 Å². The molecule has 16 heavy (non-hydrogen) atoms. The molecule has 5 nitrogen and oxygen atoms in total. The van der Waals surface area contributed by atoms with Gasteiger partial charge in [0.1, 0.15) is 0 Å². The van der Waals surface area contributed by atoms with Gasteiger partial charge in [-0.05, 0) is 13.8 Å². The average molecular weight is 247 g/mol. The topological polar surface area (TPSA) is 64.2 Å². The molecule has 2 N–H and O–H groups in total. The van der Waals surface area contributed by atoms with Crippen molar-refractivity contribution in [3.63, 3.8) is 0 Å². The summed E-state index contributed by atoms with van der Waals surface area (Å²) < 4.78 is 1.69. The van der Waals surface area contributed by atoms with Crippen LogP contribution >= 0.6 is 12.4 Å². The van der Waals surface area contributed by atoms with Crippen LogP contribution in [0.5, 0.6) is 0 Å². The second kappa shape index (κ2) is 5.86. The van der Waals surface area contributed by atoms with Crippen molar-refractivity contribution in [2.24, 2.45) is 12.8 Å². The number of hydrogen-bond acceptors (Lipinski definition) is 3. The molecule has 1 atom stereocenters. The molecule has 0 aliphatic rings. The van der Waals surface area contributed by atoms with Crippen LogP contribution in [0.2, 0.25) is 0 Å². The van der Waals surface area contributed by atoms with Gasteiger partial charge in [0.2, 0.25) is 0 Å². The second-order valence-electron chi connectivity index (χ2n) is 3.77. The Labute approximate surface area is 102 Å². The van der Waals surface area contributed by atoms with Gasteiger partial charge in [-0.1, -0.05) is 0 Å². The number of likely N-dealkylation sites (N-methyl/N-ethyl adjacent to an activating group) is 1. The maximum absolute atomic E-state index is 12.0. The predicted molar refractivity (Wildman–Crippen MR) is 65.8 cm³/mol. The molecule has 1 unspecified atom stereocenters. The maximum atomic E-state index is 12.0. The van der Waals surface area contributed by atoms with Gasteiger partial charge in [0, 0.05) is 32.4 Å². The Morgan fingerprint density at radius 1 is 1.69 bits per heavy atom. The van der Waals surface area contributed by atoms with Crippen LogP contribution in [-0.2, 0) is 7.05 Å². The van der Waals surface area contributed by atoms with Crippen LogP contribution in [0.4, 0.5) is 0 Å². The summed E-state index contributed by atoms with van der Waals surface area (Å²) in [5, 5.41) is 4.04. The van der Waals surface area contributed by atoms with Crippen LogP contribution in [0.3, 0.4) is 0 Å². The number of rotatable bonds is 3. The summed E-state index contributed by atoms with van der Waals surface area (Å²) in [5.74, 6) is -0.0291. The van der Waals surface area contributed by atoms with Crippen LogP contribution in [0, 0.1) is 6.92 Å². The van der Waals surface area contributed by atoms with Crippen LogP contribution in [-0.4, -0.2) is 40.2 Å². The van der Waals surface area contributed by atoms with Crippen molar-refractivity contribution in [2.75, 3.05) is 13.6 Å². The van der Waals surface area contributed by atoms with Gasteiger partial charge in [-0.25, -0.2) is 0 Å². The quantitative estimate of drug-likeness (QED) is 0.848. The molecule has 0 spiro atoms. The highest BCUT2D eigenvalue weighted by Crippen LogP contribution is 2.10. The van der Waals surface area contributed by atoms with Crippen LogP contribution in [0.15, 0.2) is 6.20 Å². The molecular formula is C10H19ClN4O. The largest absolute Gasteiger partial charge is 0.338 e. The Kier molecular flexibility index (Phi) is 5.47. The highest BCUT2D eigenvalue weighted by molar-refractivity contribution is 5.95. The van der Waals surface area contributed by atoms with E-state index >= 15 is 0 Å². The minimum absolute atomic E-state index is 0. The van der Waals surface area contributed by atoms with E-state index in [-0.39, 0.29) is 24.4 Å². The second-order valence-corrected chi connectivity index (χ2v) is 3.77. The van der Waals surface area contributed by atoms with Crippen molar-refractivity contribution in [1.29, 1.82) is 0 Å². The molecule has 0 aliphatic carbocycles. The molecular weight excluding hydrogens is 228 g/mol. The zero-order valence-corrected chi connectivity index (χ0v) is 10.9. The minimum atomic E-state index is -0.0291. The van der Waals surface area contributed by atoms with E-state index in [1.165, 1.54) is 0 Å². The number of nitrogens with two attached hydrogens (primary N) is 1. The first kappa shape index (κ1) is 14.9. The van der Waals surface area contributed by atoms with Gasteiger partial charge in [-0.3, -0.25) is 9.48 Å². The van der Waals surface area contributed by atoms with Gasteiger partial charge >= 0.3 is 0 Å². The van der Waals surface area contributed by atoms with Gasteiger partial charge in [-0.2, -0.15) is 5.10 Å². The van der Waals surface area contributed by atoms with Crippen molar-refractivity contribution >= 4 is 18.3 Å². The number of amides is 1. The van der Waals surface area contributed by atoms with E-state index in [0.717, 1.165) is 5.69 Å². The van der Waals surface area contributed by atoms with Crippen LogP contribution in [0.25, 0.3) is 0 Å². The minimum Gasteiger partial charge on any atom is -0.338 e. The number of aromatic nitrogens is 2. The summed E-state index contributed by atoms with van der Waals surface area (Å²) >= 11 is 0. The van der Waals surface area contributed by atoms with Crippen LogP contribution in [0.1, 0.15) is 23.0 Å². The molecule has 0 saturated carbocycles. The maximum Gasteiger partial charge on any atom is 0.257 e. The molecule has 0 fully saturated rings. The smallest absolute Gasteiger partial charge is 0.257 e. The summed E-state index contributed by atoms with van der Waals surface area (Å²) in [6.45, 7) is 4.26. The van der Waals surface area contributed by atoms with E-state index in [4.69, 9.17) is 5.73 Å². The first-order valence-corrected chi connectivity index (χ1v) is 4.94. The average Bonchev–Trinajstić information content (AvgIpc) is 2.56. The fourth-order valence-corrected chi connectivity index (χ4v) is 1.26. The number of halogens is 1. The van der Waals surface area contributed by atoms with Crippen LogP contribution < -0.4 is 5.73 Å². The Morgan fingerprint density at radius 2 is 2.25 bits per heavy atom. The van der Waals surface area contributed by atoms with Crippen molar-refractivity contribution < 1.29 is 4.79 Å². The van der Waals surface area contributed by atoms with Crippen molar-refractivity contribution in [1.82, 2.24) is 14.7 Å². The summed E-state index contributed by atoms with van der Waals surface area (Å²) in [4.78, 5) is 13.6. The van der Waals surface area contributed by atoms with E-state index < -0.39 is 0 Å². The first-order chi connectivity index (χ1) is 6.99. The first-order valence-electron chi connectivity index (χ1n) is 4.94. The fraction of sp³-hybridized carbons (Fsp3) is 0.600. The zero-order chi connectivity index (χ0) is 11.6. The summed E-state index contributed by atoms with van der Waals surface area (Å²) in [7, 11) is 3.57. The Morgan fingerprint density at radius 3 is 2.62 bits per heavy atom. The fourth-order valence-electron chi connectivity index (χ4n) is 1.26. The number of carbonyl (C=O) groups excluding carboxylic acids is 1. The highest BCUT2D eigenvalue weighted by Gasteiger charge is 2.19. The van der Waals surface area contributed by atoms with Gasteiger partial charge in [0.15, 0.2) is 0 Å². The SMILES string of the molecule is Cc1c(C(=O)N(C)C(C)CN)cnn1C.Cl. The third-order valence-electron chi connectivity index (χ3n) is 2.79. The lowest BCUT2D eigenvalue weighted by molar-refractivity contribution is 0.0747. The van der Waals surface area contributed by atoms with Crippen molar-refractivity contribution in [3.05, 3.63) is 17.5 Å². The molecule has 0 radical (unpaired) electrons. The molecule has 1 aromatic heterocycles. The standard InChI is InChI=1S/C10H18N4O.ClH/c1-7(5-11)13(3)10(15)9-6-12-14(4)8(9)2;/h6-7H,5,11H2,1-4H3;1H. The van der Waals surface area contributed by atoms with E-state index in [9.17, 15) is 4.79 Å². The van der Waals surface area contributed by atoms with E-state index in [1.54, 1.807) is 22.8 Å². The zero-order valence-electron chi connectivity index (χ0n) is 10.1. The molecule has 6 heteroatoms. The normalized spacial score (nSPS) is 11.8. The number of nitrogens with zero attached hydrogens (tertiary/aromatic N) is 3. The van der Waals surface area contributed by atoms with Gasteiger partial charge in [0.05, 0.1) is 11.8 Å². The van der Waals surface area contributed by atoms with Gasteiger partial charge in [-0.15, -0.1) is 12.4 Å². The Bertz CT molecular complexity index is 364. The third kappa shape index (κ3) is 2.74. The lowest BCUT2D eigenvalue weighted by atomic mass is 10.2. The monoisotopic (exact) mass is 246 g/mol. The summed E-state index contributed by atoms with van der Waals surface area (Å²) in [6.07, 6.45) is 1.59. The van der Waals surface area contributed by atoms with Crippen molar-refractivity contribution in [3.8, 4) is 0 Å². The Balaban J connectivity index is 0.00000225. The molecule has 0 saturated heterocycles. The number of carbonyl (C=O) groups is 1. The Hall–Kier alpha value is -1.07. The van der Waals surface area contributed by atoms with E-state index in [0.29, 0.717) is 12.1 Å². The summed E-state index contributed by atoms with van der Waals surface area (Å²) in [6, 6.07) is 0.0390. The molecule has 92 valence electrons. The third-order valence-corrected chi connectivity index (χ3v) is 2.79. The molecule has 1 heterocycles. The molecule has 1 amide bonds. The van der Waals surface area contributed by atoms with E-state index in [1.807, 2.05) is 20.9 Å². The number of hydrogen-bond donors (Lipinski definition) is 1. The summed E-state index contributed by atoms with van der Waals surface area (Å²) in [5.41, 5.74) is 7.03. The highest BCUT2D eigenvalue weighted by atomic mass is 35.5. The lowest BCUT2D eigenvalue weighted by Gasteiger charge is -2.23. The molecule has 0 bridgehead atoms. The van der Waals surface area contributed by atoms with Gasteiger partial charge in [0.25, 0.3) is 5.91 Å². The molecule has 1 rings (SSSR count). The predicted octanol–water partition coefficient (Wildman–Crippen LogP) is 0.570. The lowest BCUT2D eigenvalue weighted by Crippen LogP contribution is -2.39. The van der Waals surface area contributed by atoms with Gasteiger partial charge < -0.3 is 10.6 Å².